The van der Waals surface area contributed by atoms with Crippen LogP contribution in [0.4, 0.5) is 24.8 Å². The Kier molecular flexibility index (Phi) is 5.80. The minimum absolute atomic E-state index is 0.560. The van der Waals surface area contributed by atoms with Crippen molar-refractivity contribution in [1.29, 1.82) is 0 Å². The zero-order valence-corrected chi connectivity index (χ0v) is 17.5. The van der Waals surface area contributed by atoms with Gasteiger partial charge in [0, 0.05) is 38.8 Å². The van der Waals surface area contributed by atoms with Crippen molar-refractivity contribution in [3.8, 4) is 0 Å². The summed E-state index contributed by atoms with van der Waals surface area (Å²) in [5.41, 5.74) is 3.69. The number of halogens is 3. The molecule has 162 valence electrons. The van der Waals surface area contributed by atoms with E-state index in [1.54, 1.807) is 0 Å². The lowest BCUT2D eigenvalue weighted by Crippen LogP contribution is -2.47. The third-order valence-electron chi connectivity index (χ3n) is 5.79. The monoisotopic (exact) mass is 427 g/mol. The minimum Gasteiger partial charge on any atom is -0.353 e. The number of alkyl halides is 3. The van der Waals surface area contributed by atoms with Crippen LogP contribution in [0.25, 0.3) is 0 Å². The van der Waals surface area contributed by atoms with Gasteiger partial charge < -0.3 is 9.80 Å². The van der Waals surface area contributed by atoms with Gasteiger partial charge in [0.05, 0.1) is 11.3 Å². The summed E-state index contributed by atoms with van der Waals surface area (Å²) in [5.74, 6) is 1.43. The van der Waals surface area contributed by atoms with Crippen LogP contribution in [-0.4, -0.2) is 41.4 Å². The summed E-state index contributed by atoms with van der Waals surface area (Å²) in [6, 6.07) is 12.7. The van der Waals surface area contributed by atoms with E-state index in [9.17, 15) is 13.2 Å². The second-order valence-electron chi connectivity index (χ2n) is 7.76. The Morgan fingerprint density at radius 2 is 1.52 bits per heavy atom. The standard InChI is InChI=1S/C23H24F3N5/c1-16-17(2)22(29-28-20(16)14-18-6-4-3-5-7-18)31-12-10-30(11-13-31)21-9-8-19(15-27-21)23(24,25)26/h3-9,15H,10-14H2,1-2H3. The van der Waals surface area contributed by atoms with E-state index in [2.05, 4.69) is 46.1 Å². The van der Waals surface area contributed by atoms with Crippen molar-refractivity contribution in [2.75, 3.05) is 36.0 Å². The molecule has 1 saturated heterocycles. The van der Waals surface area contributed by atoms with E-state index in [1.165, 1.54) is 11.6 Å². The predicted octanol–water partition coefficient (Wildman–Crippen LogP) is 4.42. The maximum absolute atomic E-state index is 12.7. The summed E-state index contributed by atoms with van der Waals surface area (Å²) >= 11 is 0. The smallest absolute Gasteiger partial charge is 0.353 e. The third-order valence-corrected chi connectivity index (χ3v) is 5.79. The fourth-order valence-corrected chi connectivity index (χ4v) is 3.79. The Morgan fingerprint density at radius 3 is 2.13 bits per heavy atom. The van der Waals surface area contributed by atoms with Crippen LogP contribution >= 0.6 is 0 Å². The van der Waals surface area contributed by atoms with Crippen LogP contribution in [0.1, 0.15) is 27.9 Å². The topological polar surface area (TPSA) is 45.2 Å². The van der Waals surface area contributed by atoms with Gasteiger partial charge in [0.25, 0.3) is 0 Å². The van der Waals surface area contributed by atoms with Crippen molar-refractivity contribution in [3.05, 3.63) is 76.6 Å². The molecule has 2 aromatic heterocycles. The molecule has 1 aromatic carbocycles. The number of rotatable bonds is 4. The summed E-state index contributed by atoms with van der Waals surface area (Å²) < 4.78 is 38.2. The molecule has 1 fully saturated rings. The number of benzene rings is 1. The molecule has 5 nitrogen and oxygen atoms in total. The van der Waals surface area contributed by atoms with Crippen LogP contribution in [0.2, 0.25) is 0 Å². The molecular formula is C23H24F3N5. The molecule has 0 radical (unpaired) electrons. The van der Waals surface area contributed by atoms with Gasteiger partial charge in [0.15, 0.2) is 5.82 Å². The molecular weight excluding hydrogens is 403 g/mol. The Morgan fingerprint density at radius 1 is 0.839 bits per heavy atom. The lowest BCUT2D eigenvalue weighted by Gasteiger charge is -2.36. The number of pyridine rings is 1. The van der Waals surface area contributed by atoms with Gasteiger partial charge in [-0.2, -0.15) is 18.3 Å². The van der Waals surface area contributed by atoms with Crippen LogP contribution in [0.15, 0.2) is 48.7 Å². The van der Waals surface area contributed by atoms with Gasteiger partial charge in [0.2, 0.25) is 0 Å². The average Bonchev–Trinajstić information content (AvgIpc) is 2.77. The van der Waals surface area contributed by atoms with Crippen molar-refractivity contribution < 1.29 is 13.2 Å². The maximum atomic E-state index is 12.7. The van der Waals surface area contributed by atoms with Crippen molar-refractivity contribution >= 4 is 11.6 Å². The number of nitrogens with zero attached hydrogens (tertiary/aromatic N) is 5. The minimum atomic E-state index is -4.37. The van der Waals surface area contributed by atoms with Crippen LogP contribution in [-0.2, 0) is 12.6 Å². The van der Waals surface area contributed by atoms with Gasteiger partial charge in [0.1, 0.15) is 5.82 Å². The van der Waals surface area contributed by atoms with Gasteiger partial charge in [-0.15, -0.1) is 5.10 Å². The molecule has 0 saturated carbocycles. The molecule has 1 aliphatic rings. The molecule has 4 rings (SSSR count). The first-order valence-electron chi connectivity index (χ1n) is 10.2. The largest absolute Gasteiger partial charge is 0.417 e. The fraction of sp³-hybridized carbons (Fsp3) is 0.348. The van der Waals surface area contributed by atoms with E-state index >= 15 is 0 Å². The molecule has 3 heterocycles. The average molecular weight is 427 g/mol. The quantitative estimate of drug-likeness (QED) is 0.617. The summed E-state index contributed by atoms with van der Waals surface area (Å²) in [7, 11) is 0. The van der Waals surface area contributed by atoms with E-state index in [-0.39, 0.29) is 0 Å². The van der Waals surface area contributed by atoms with E-state index in [1.807, 2.05) is 23.1 Å². The molecule has 0 atom stereocenters. The van der Waals surface area contributed by atoms with Crippen molar-refractivity contribution in [3.63, 3.8) is 0 Å². The SMILES string of the molecule is Cc1c(Cc2ccccc2)nnc(N2CCN(c3ccc(C(F)(F)F)cn3)CC2)c1C. The molecule has 3 aromatic rings. The second-order valence-corrected chi connectivity index (χ2v) is 7.76. The van der Waals surface area contributed by atoms with Gasteiger partial charge in [-0.3, -0.25) is 0 Å². The van der Waals surface area contributed by atoms with Crippen LogP contribution in [0.5, 0.6) is 0 Å². The van der Waals surface area contributed by atoms with E-state index in [0.29, 0.717) is 32.0 Å². The van der Waals surface area contributed by atoms with E-state index in [0.717, 1.165) is 41.3 Å². The highest BCUT2D eigenvalue weighted by atomic mass is 19.4. The summed E-state index contributed by atoms with van der Waals surface area (Å²) in [4.78, 5) is 8.19. The highest BCUT2D eigenvalue weighted by molar-refractivity contribution is 5.52. The van der Waals surface area contributed by atoms with Crippen molar-refractivity contribution in [1.82, 2.24) is 15.2 Å². The number of aromatic nitrogens is 3. The summed E-state index contributed by atoms with van der Waals surface area (Å²) in [6.45, 7) is 6.87. The zero-order valence-electron chi connectivity index (χ0n) is 17.5. The highest BCUT2D eigenvalue weighted by Gasteiger charge is 2.31. The lowest BCUT2D eigenvalue weighted by molar-refractivity contribution is -0.137. The highest BCUT2D eigenvalue weighted by Crippen LogP contribution is 2.30. The molecule has 0 bridgehead atoms. The molecule has 0 N–H and O–H groups in total. The van der Waals surface area contributed by atoms with Crippen LogP contribution < -0.4 is 9.80 Å². The first-order chi connectivity index (χ1) is 14.8. The first-order valence-corrected chi connectivity index (χ1v) is 10.2. The molecule has 0 unspecified atom stereocenters. The summed E-state index contributed by atoms with van der Waals surface area (Å²) in [5, 5.41) is 9.01. The van der Waals surface area contributed by atoms with Crippen molar-refractivity contribution in [2.45, 2.75) is 26.4 Å². The Bertz CT molecular complexity index is 1030. The van der Waals surface area contributed by atoms with E-state index in [4.69, 9.17) is 0 Å². The third kappa shape index (κ3) is 4.62. The number of hydrogen-bond acceptors (Lipinski definition) is 5. The summed E-state index contributed by atoms with van der Waals surface area (Å²) in [6.07, 6.45) is -2.73. The maximum Gasteiger partial charge on any atom is 0.417 e. The Balaban J connectivity index is 1.43. The predicted molar refractivity (Wildman–Crippen MR) is 114 cm³/mol. The van der Waals surface area contributed by atoms with E-state index < -0.39 is 11.7 Å². The zero-order chi connectivity index (χ0) is 22.0. The molecule has 31 heavy (non-hydrogen) atoms. The molecule has 0 amide bonds. The van der Waals surface area contributed by atoms with Gasteiger partial charge >= 0.3 is 6.18 Å². The Labute approximate surface area is 179 Å². The first kappa shape index (κ1) is 21.1. The van der Waals surface area contributed by atoms with Crippen LogP contribution in [0, 0.1) is 13.8 Å². The van der Waals surface area contributed by atoms with Gasteiger partial charge in [-0.1, -0.05) is 30.3 Å². The molecule has 8 heteroatoms. The molecule has 0 aliphatic carbocycles. The van der Waals surface area contributed by atoms with Crippen LogP contribution in [0.3, 0.4) is 0 Å². The Hall–Kier alpha value is -3.16. The van der Waals surface area contributed by atoms with Gasteiger partial charge in [-0.05, 0) is 42.7 Å². The normalized spacial score (nSPS) is 14.7. The second kappa shape index (κ2) is 8.53. The fourth-order valence-electron chi connectivity index (χ4n) is 3.79. The number of piperazine rings is 1. The molecule has 0 spiro atoms. The lowest BCUT2D eigenvalue weighted by atomic mass is 10.0. The van der Waals surface area contributed by atoms with Gasteiger partial charge in [-0.25, -0.2) is 4.98 Å². The molecule has 1 aliphatic heterocycles. The number of hydrogen-bond donors (Lipinski definition) is 0. The van der Waals surface area contributed by atoms with Crippen molar-refractivity contribution in [2.24, 2.45) is 0 Å². The number of anilines is 2.